The number of amides is 1. The van der Waals surface area contributed by atoms with Crippen LogP contribution in [0.15, 0.2) is 49.1 Å². The summed E-state index contributed by atoms with van der Waals surface area (Å²) >= 11 is 0. The Hall–Kier alpha value is -3.89. The number of methoxy groups -OCH3 is 1. The molecular formula is C32H40N6O4. The second-order valence-corrected chi connectivity index (χ2v) is 11.3. The molecule has 3 aliphatic heterocycles. The van der Waals surface area contributed by atoms with Crippen LogP contribution in [0.5, 0.6) is 11.8 Å². The average molecular weight is 573 g/mol. The number of benzene rings is 2. The highest BCUT2D eigenvalue weighted by Gasteiger charge is 2.29. The number of nitrogens with zero attached hydrogens (tertiary/aromatic N) is 6. The molecule has 0 spiro atoms. The SMILES string of the molecule is C=CC(=O)N1CCN(c2nc(OCCCN3CCC(OC)C3)nc3c2CCN(c2cc(O)cc4ccccc24)C3)CC1. The number of fused-ring (bicyclic) bond motifs is 2. The molecule has 222 valence electrons. The van der Waals surface area contributed by atoms with E-state index in [1.54, 1.807) is 13.2 Å². The highest BCUT2D eigenvalue weighted by Crippen LogP contribution is 2.36. The molecule has 3 aliphatic rings. The van der Waals surface area contributed by atoms with E-state index >= 15 is 0 Å². The van der Waals surface area contributed by atoms with Crippen molar-refractivity contribution in [1.29, 1.82) is 0 Å². The standard InChI is InChI=1S/C32H40N6O4/c1-3-30(40)36-14-16-37(17-15-36)31-27-10-13-38(29-20-24(39)19-23-7-4-5-8-26(23)29)22-28(27)33-32(34-31)42-18-6-11-35-12-9-25(21-35)41-2/h3-5,7-8,19-20,25,39H,1,6,9-18,21-22H2,2H3. The van der Waals surface area contributed by atoms with E-state index in [0.29, 0.717) is 51.4 Å². The zero-order chi connectivity index (χ0) is 29.1. The van der Waals surface area contributed by atoms with Gasteiger partial charge in [-0.2, -0.15) is 9.97 Å². The molecule has 0 saturated carbocycles. The third kappa shape index (κ3) is 6.00. The average Bonchev–Trinajstić information content (AvgIpc) is 3.50. The molecule has 0 bridgehead atoms. The zero-order valence-electron chi connectivity index (χ0n) is 24.4. The molecule has 1 aromatic heterocycles. The van der Waals surface area contributed by atoms with Gasteiger partial charge in [0.15, 0.2) is 0 Å². The Labute approximate surface area is 247 Å². The van der Waals surface area contributed by atoms with Gasteiger partial charge in [-0.1, -0.05) is 30.8 Å². The smallest absolute Gasteiger partial charge is 0.318 e. The quantitative estimate of drug-likeness (QED) is 0.306. The van der Waals surface area contributed by atoms with E-state index in [1.165, 1.54) is 6.08 Å². The minimum atomic E-state index is -0.0350. The van der Waals surface area contributed by atoms with Crippen molar-refractivity contribution in [2.45, 2.75) is 31.9 Å². The van der Waals surface area contributed by atoms with E-state index in [1.807, 2.05) is 29.2 Å². The summed E-state index contributed by atoms with van der Waals surface area (Å²) in [6, 6.07) is 12.2. The van der Waals surface area contributed by atoms with Crippen molar-refractivity contribution >= 4 is 28.2 Å². The topological polar surface area (TPSA) is 94.5 Å². The van der Waals surface area contributed by atoms with E-state index in [2.05, 4.69) is 27.3 Å². The van der Waals surface area contributed by atoms with Crippen molar-refractivity contribution in [2.24, 2.45) is 0 Å². The first-order valence-corrected chi connectivity index (χ1v) is 14.9. The predicted octanol–water partition coefficient (Wildman–Crippen LogP) is 3.22. The normalized spacial score (nSPS) is 19.3. The summed E-state index contributed by atoms with van der Waals surface area (Å²) in [4.78, 5) is 30.8. The van der Waals surface area contributed by atoms with Crippen LogP contribution in [0.4, 0.5) is 11.5 Å². The summed E-state index contributed by atoms with van der Waals surface area (Å²) in [7, 11) is 1.78. The van der Waals surface area contributed by atoms with Crippen LogP contribution < -0.4 is 14.5 Å². The zero-order valence-corrected chi connectivity index (χ0v) is 24.4. The first kappa shape index (κ1) is 28.2. The number of ether oxygens (including phenoxy) is 2. The van der Waals surface area contributed by atoms with Crippen LogP contribution in [0.2, 0.25) is 0 Å². The number of carbonyl (C=O) groups is 1. The van der Waals surface area contributed by atoms with E-state index in [0.717, 1.165) is 79.0 Å². The molecule has 2 aromatic carbocycles. The van der Waals surface area contributed by atoms with Crippen molar-refractivity contribution in [3.63, 3.8) is 0 Å². The molecule has 6 rings (SSSR count). The summed E-state index contributed by atoms with van der Waals surface area (Å²) in [6.07, 6.45) is 4.44. The number of hydrogen-bond donors (Lipinski definition) is 1. The summed E-state index contributed by atoms with van der Waals surface area (Å²) in [5.41, 5.74) is 3.07. The molecule has 4 heterocycles. The van der Waals surface area contributed by atoms with Gasteiger partial charge in [0, 0.05) is 82.2 Å². The molecule has 42 heavy (non-hydrogen) atoms. The monoisotopic (exact) mass is 572 g/mol. The maximum absolute atomic E-state index is 12.2. The summed E-state index contributed by atoms with van der Waals surface area (Å²) < 4.78 is 11.7. The molecule has 2 fully saturated rings. The van der Waals surface area contributed by atoms with Crippen molar-refractivity contribution < 1.29 is 19.4 Å². The number of phenols is 1. The van der Waals surface area contributed by atoms with E-state index < -0.39 is 0 Å². The fourth-order valence-corrected chi connectivity index (χ4v) is 6.37. The van der Waals surface area contributed by atoms with Gasteiger partial charge in [-0.3, -0.25) is 4.79 Å². The Bertz CT molecular complexity index is 1440. The van der Waals surface area contributed by atoms with Crippen LogP contribution >= 0.6 is 0 Å². The number of likely N-dealkylation sites (tertiary alicyclic amines) is 1. The lowest BCUT2D eigenvalue weighted by Gasteiger charge is -2.38. The molecule has 0 radical (unpaired) electrons. The first-order chi connectivity index (χ1) is 20.5. The van der Waals surface area contributed by atoms with E-state index in [9.17, 15) is 9.90 Å². The number of rotatable bonds is 9. The maximum Gasteiger partial charge on any atom is 0.318 e. The second-order valence-electron chi connectivity index (χ2n) is 11.3. The van der Waals surface area contributed by atoms with Crippen molar-refractivity contribution in [3.05, 3.63) is 60.3 Å². The molecule has 10 nitrogen and oxygen atoms in total. The molecule has 1 amide bonds. The van der Waals surface area contributed by atoms with E-state index in [4.69, 9.17) is 19.4 Å². The molecule has 3 aromatic rings. The van der Waals surface area contributed by atoms with Crippen LogP contribution in [0.25, 0.3) is 10.8 Å². The summed E-state index contributed by atoms with van der Waals surface area (Å²) in [5, 5.41) is 12.6. The summed E-state index contributed by atoms with van der Waals surface area (Å²) in [6.45, 7) is 11.2. The Morgan fingerprint density at radius 2 is 1.93 bits per heavy atom. The third-order valence-corrected chi connectivity index (χ3v) is 8.67. The van der Waals surface area contributed by atoms with Crippen molar-refractivity contribution in [2.75, 3.05) is 75.9 Å². The highest BCUT2D eigenvalue weighted by atomic mass is 16.5. The molecule has 1 atom stereocenters. The Morgan fingerprint density at radius 3 is 2.71 bits per heavy atom. The van der Waals surface area contributed by atoms with Gasteiger partial charge in [0.2, 0.25) is 5.91 Å². The third-order valence-electron chi connectivity index (χ3n) is 8.67. The molecule has 10 heteroatoms. The number of carbonyl (C=O) groups excluding carboxylic acids is 1. The minimum absolute atomic E-state index is 0.0350. The lowest BCUT2D eigenvalue weighted by molar-refractivity contribution is -0.126. The maximum atomic E-state index is 12.2. The van der Waals surface area contributed by atoms with Gasteiger partial charge < -0.3 is 34.2 Å². The predicted molar refractivity (Wildman–Crippen MR) is 163 cm³/mol. The van der Waals surface area contributed by atoms with Gasteiger partial charge in [0.1, 0.15) is 11.6 Å². The van der Waals surface area contributed by atoms with Gasteiger partial charge in [-0.15, -0.1) is 0 Å². The lowest BCUT2D eigenvalue weighted by atomic mass is 10.0. The number of aromatic nitrogens is 2. The van der Waals surface area contributed by atoms with Crippen molar-refractivity contribution in [1.82, 2.24) is 19.8 Å². The molecular weight excluding hydrogens is 532 g/mol. The molecule has 1 N–H and O–H groups in total. The molecule has 2 saturated heterocycles. The summed E-state index contributed by atoms with van der Waals surface area (Å²) in [5.74, 6) is 1.12. The fourth-order valence-electron chi connectivity index (χ4n) is 6.37. The van der Waals surface area contributed by atoms with Gasteiger partial charge in [0.05, 0.1) is 24.9 Å². The van der Waals surface area contributed by atoms with Gasteiger partial charge in [0.25, 0.3) is 0 Å². The van der Waals surface area contributed by atoms with Crippen molar-refractivity contribution in [3.8, 4) is 11.8 Å². The Morgan fingerprint density at radius 1 is 1.10 bits per heavy atom. The number of hydrogen-bond acceptors (Lipinski definition) is 9. The number of anilines is 2. The Kier molecular flexibility index (Phi) is 8.43. The van der Waals surface area contributed by atoms with Gasteiger partial charge >= 0.3 is 6.01 Å². The van der Waals surface area contributed by atoms with Crippen LogP contribution in [-0.4, -0.2) is 103 Å². The fraction of sp³-hybridized carbons (Fsp3) is 0.469. The lowest BCUT2D eigenvalue weighted by Crippen LogP contribution is -2.49. The number of phenolic OH excluding ortho intramolecular Hbond substituents is 1. The van der Waals surface area contributed by atoms with Crippen LogP contribution in [0.1, 0.15) is 24.1 Å². The number of aromatic hydroxyl groups is 1. The van der Waals surface area contributed by atoms with E-state index in [-0.39, 0.29) is 11.7 Å². The van der Waals surface area contributed by atoms with Crippen LogP contribution in [-0.2, 0) is 22.5 Å². The molecule has 0 aliphatic carbocycles. The largest absolute Gasteiger partial charge is 0.508 e. The van der Waals surface area contributed by atoms with Crippen LogP contribution in [0, 0.1) is 0 Å². The van der Waals surface area contributed by atoms with Gasteiger partial charge in [-0.25, -0.2) is 0 Å². The van der Waals surface area contributed by atoms with Crippen LogP contribution in [0.3, 0.4) is 0 Å². The second kappa shape index (κ2) is 12.5. The highest BCUT2D eigenvalue weighted by molar-refractivity contribution is 5.95. The minimum Gasteiger partial charge on any atom is -0.508 e. The molecule has 1 unspecified atom stereocenters. The van der Waals surface area contributed by atoms with Gasteiger partial charge in [-0.05, 0) is 36.8 Å². The Balaban J connectivity index is 1.23. The first-order valence-electron chi connectivity index (χ1n) is 14.9. The number of piperazine rings is 1.